The highest BCUT2D eigenvalue weighted by molar-refractivity contribution is 9.10. The van der Waals surface area contributed by atoms with Crippen LogP contribution < -0.4 is 10.1 Å². The van der Waals surface area contributed by atoms with Crippen molar-refractivity contribution in [3.63, 3.8) is 0 Å². The number of carbonyl (C=O) groups excluding carboxylic acids is 1. The molecule has 1 aromatic carbocycles. The van der Waals surface area contributed by atoms with E-state index in [1.165, 1.54) is 0 Å². The minimum atomic E-state index is -0.344. The van der Waals surface area contributed by atoms with Gasteiger partial charge in [0, 0.05) is 11.0 Å². The molecular weight excluding hydrogens is 350 g/mol. The molecule has 0 aliphatic heterocycles. The molecule has 0 radical (unpaired) electrons. The highest BCUT2D eigenvalue weighted by Crippen LogP contribution is 2.33. The Morgan fingerprint density at radius 3 is 2.77 bits per heavy atom. The fourth-order valence-electron chi connectivity index (χ4n) is 2.80. The lowest BCUT2D eigenvalue weighted by molar-refractivity contribution is -0.0511. The SMILES string of the molecule is COc1ccc(Br)c(C(=O)NCC2(OCCO)CCCC2)c1. The molecular formula is C16H22BrNO4. The number of amides is 1. The van der Waals surface area contributed by atoms with Crippen molar-refractivity contribution in [2.75, 3.05) is 26.9 Å². The van der Waals surface area contributed by atoms with Crippen LogP contribution in [0.15, 0.2) is 22.7 Å². The van der Waals surface area contributed by atoms with Crippen molar-refractivity contribution in [2.24, 2.45) is 0 Å². The Morgan fingerprint density at radius 1 is 1.41 bits per heavy atom. The van der Waals surface area contributed by atoms with Crippen molar-refractivity contribution >= 4 is 21.8 Å². The Kier molecular flexibility index (Phi) is 6.23. The third kappa shape index (κ3) is 4.21. The maximum Gasteiger partial charge on any atom is 0.252 e. The van der Waals surface area contributed by atoms with Crippen LogP contribution in [-0.2, 0) is 4.74 Å². The van der Waals surface area contributed by atoms with Gasteiger partial charge in [-0.3, -0.25) is 4.79 Å². The van der Waals surface area contributed by atoms with Crippen LogP contribution in [0.5, 0.6) is 5.75 Å². The predicted octanol–water partition coefficient (Wildman–Crippen LogP) is 2.51. The zero-order valence-corrected chi connectivity index (χ0v) is 14.3. The number of halogens is 1. The Balaban J connectivity index is 2.02. The molecule has 22 heavy (non-hydrogen) atoms. The third-order valence-corrected chi connectivity index (χ3v) is 4.70. The number of carbonyl (C=O) groups is 1. The average Bonchev–Trinajstić information content (AvgIpc) is 3.00. The molecule has 1 saturated carbocycles. The number of hydrogen-bond acceptors (Lipinski definition) is 4. The summed E-state index contributed by atoms with van der Waals surface area (Å²) in [5.41, 5.74) is 0.193. The van der Waals surface area contributed by atoms with Crippen molar-refractivity contribution in [1.29, 1.82) is 0 Å². The predicted molar refractivity (Wildman–Crippen MR) is 87.3 cm³/mol. The summed E-state index contributed by atoms with van der Waals surface area (Å²) in [6.07, 6.45) is 3.99. The summed E-state index contributed by atoms with van der Waals surface area (Å²) in [6, 6.07) is 5.29. The van der Waals surface area contributed by atoms with Gasteiger partial charge in [-0.15, -0.1) is 0 Å². The summed E-state index contributed by atoms with van der Waals surface area (Å²) in [5.74, 6) is 0.477. The molecule has 0 bridgehead atoms. The molecule has 1 amide bonds. The lowest BCUT2D eigenvalue weighted by atomic mass is 10.0. The number of rotatable bonds is 7. The van der Waals surface area contributed by atoms with Crippen LogP contribution in [0.25, 0.3) is 0 Å². The monoisotopic (exact) mass is 371 g/mol. The van der Waals surface area contributed by atoms with Crippen LogP contribution in [0.3, 0.4) is 0 Å². The smallest absolute Gasteiger partial charge is 0.252 e. The van der Waals surface area contributed by atoms with Gasteiger partial charge in [-0.2, -0.15) is 0 Å². The van der Waals surface area contributed by atoms with E-state index in [0.717, 1.165) is 30.2 Å². The number of methoxy groups -OCH3 is 1. The van der Waals surface area contributed by atoms with E-state index in [4.69, 9.17) is 14.6 Å². The second-order valence-corrected chi connectivity index (χ2v) is 6.34. The number of ether oxygens (including phenoxy) is 2. The molecule has 1 aromatic rings. The van der Waals surface area contributed by atoms with E-state index in [0.29, 0.717) is 24.5 Å². The lowest BCUT2D eigenvalue weighted by Crippen LogP contribution is -2.43. The lowest BCUT2D eigenvalue weighted by Gasteiger charge is -2.29. The van der Waals surface area contributed by atoms with E-state index in [9.17, 15) is 4.79 Å². The fraction of sp³-hybridized carbons (Fsp3) is 0.562. The van der Waals surface area contributed by atoms with Gasteiger partial charge in [0.1, 0.15) is 5.75 Å². The van der Waals surface area contributed by atoms with Crippen molar-refractivity contribution < 1.29 is 19.4 Å². The molecule has 1 aliphatic rings. The number of nitrogens with one attached hydrogen (secondary N) is 1. The van der Waals surface area contributed by atoms with Gasteiger partial charge in [-0.25, -0.2) is 0 Å². The Labute approximate surface area is 139 Å². The average molecular weight is 372 g/mol. The molecule has 2 N–H and O–H groups in total. The van der Waals surface area contributed by atoms with Crippen molar-refractivity contribution in [3.8, 4) is 5.75 Å². The van der Waals surface area contributed by atoms with E-state index in [-0.39, 0.29) is 18.1 Å². The standard InChI is InChI=1S/C16H22BrNO4/c1-21-12-4-5-14(17)13(10-12)15(20)18-11-16(22-9-8-19)6-2-3-7-16/h4-5,10,19H,2-3,6-9,11H2,1H3,(H,18,20). The Hall–Kier alpha value is -1.11. The summed E-state index contributed by atoms with van der Waals surface area (Å²) in [4.78, 5) is 12.4. The first-order valence-electron chi connectivity index (χ1n) is 7.47. The van der Waals surface area contributed by atoms with Gasteiger partial charge in [0.2, 0.25) is 0 Å². The molecule has 0 spiro atoms. The third-order valence-electron chi connectivity index (χ3n) is 4.00. The molecule has 0 unspecified atom stereocenters. The van der Waals surface area contributed by atoms with Crippen LogP contribution in [-0.4, -0.2) is 43.5 Å². The van der Waals surface area contributed by atoms with Crippen molar-refractivity contribution in [2.45, 2.75) is 31.3 Å². The minimum absolute atomic E-state index is 0.00285. The number of benzene rings is 1. The summed E-state index contributed by atoms with van der Waals surface area (Å²) in [5, 5.41) is 11.9. The van der Waals surface area contributed by atoms with E-state index < -0.39 is 0 Å². The fourth-order valence-corrected chi connectivity index (χ4v) is 3.22. The molecule has 0 saturated heterocycles. The van der Waals surface area contributed by atoms with Gasteiger partial charge in [-0.05, 0) is 47.0 Å². The number of aliphatic hydroxyl groups is 1. The maximum atomic E-state index is 12.4. The van der Waals surface area contributed by atoms with Crippen LogP contribution in [0.4, 0.5) is 0 Å². The second kappa shape index (κ2) is 7.94. The molecule has 1 aliphatic carbocycles. The molecule has 0 atom stereocenters. The molecule has 1 fully saturated rings. The molecule has 5 nitrogen and oxygen atoms in total. The van der Waals surface area contributed by atoms with Crippen LogP contribution in [0.2, 0.25) is 0 Å². The Bertz CT molecular complexity index is 515. The first-order valence-corrected chi connectivity index (χ1v) is 8.26. The van der Waals surface area contributed by atoms with Crippen molar-refractivity contribution in [3.05, 3.63) is 28.2 Å². The van der Waals surface area contributed by atoms with E-state index >= 15 is 0 Å². The quantitative estimate of drug-likeness (QED) is 0.772. The summed E-state index contributed by atoms with van der Waals surface area (Å²) < 4.78 is 11.7. The zero-order valence-electron chi connectivity index (χ0n) is 12.7. The van der Waals surface area contributed by atoms with Crippen molar-refractivity contribution in [1.82, 2.24) is 5.32 Å². The maximum absolute atomic E-state index is 12.4. The number of hydrogen-bond donors (Lipinski definition) is 2. The van der Waals surface area contributed by atoms with Crippen LogP contribution in [0.1, 0.15) is 36.0 Å². The van der Waals surface area contributed by atoms with Gasteiger partial charge in [-0.1, -0.05) is 12.8 Å². The first-order chi connectivity index (χ1) is 10.6. The Morgan fingerprint density at radius 2 is 2.14 bits per heavy atom. The number of aliphatic hydroxyl groups excluding tert-OH is 1. The zero-order chi connectivity index (χ0) is 16.0. The summed E-state index contributed by atoms with van der Waals surface area (Å²) in [7, 11) is 1.57. The van der Waals surface area contributed by atoms with Gasteiger partial charge < -0.3 is 19.9 Å². The summed E-state index contributed by atoms with van der Waals surface area (Å²) in [6.45, 7) is 0.755. The summed E-state index contributed by atoms with van der Waals surface area (Å²) >= 11 is 3.39. The highest BCUT2D eigenvalue weighted by Gasteiger charge is 2.35. The topological polar surface area (TPSA) is 67.8 Å². The van der Waals surface area contributed by atoms with Crippen LogP contribution >= 0.6 is 15.9 Å². The van der Waals surface area contributed by atoms with Gasteiger partial charge in [0.05, 0.1) is 31.5 Å². The van der Waals surface area contributed by atoms with Gasteiger partial charge in [0.15, 0.2) is 0 Å². The van der Waals surface area contributed by atoms with Gasteiger partial charge >= 0.3 is 0 Å². The molecule has 122 valence electrons. The van der Waals surface area contributed by atoms with Gasteiger partial charge in [0.25, 0.3) is 5.91 Å². The molecule has 0 heterocycles. The molecule has 0 aromatic heterocycles. The second-order valence-electron chi connectivity index (χ2n) is 5.49. The largest absolute Gasteiger partial charge is 0.497 e. The molecule has 2 rings (SSSR count). The van der Waals surface area contributed by atoms with Crippen LogP contribution in [0, 0.1) is 0 Å². The minimum Gasteiger partial charge on any atom is -0.497 e. The first kappa shape index (κ1) is 17.2. The molecule has 6 heteroatoms. The van der Waals surface area contributed by atoms with E-state index in [1.807, 2.05) is 0 Å². The van der Waals surface area contributed by atoms with E-state index in [1.54, 1.807) is 25.3 Å². The normalized spacial score (nSPS) is 16.5. The highest BCUT2D eigenvalue weighted by atomic mass is 79.9. The van der Waals surface area contributed by atoms with E-state index in [2.05, 4.69) is 21.2 Å².